The Balaban J connectivity index is 1.95. The number of hydrogen-bond donors (Lipinski definition) is 2. The highest BCUT2D eigenvalue weighted by molar-refractivity contribution is 6.53. The minimum absolute atomic E-state index is 0.0541. The molecule has 1 aliphatic rings. The van der Waals surface area contributed by atoms with Gasteiger partial charge >= 0.3 is 0 Å². The van der Waals surface area contributed by atoms with Crippen LogP contribution in [-0.4, -0.2) is 41.8 Å². The van der Waals surface area contributed by atoms with E-state index in [0.717, 1.165) is 4.90 Å². The number of phenolic OH excluding ortho intramolecular Hbond substituents is 1. The Hall–Kier alpha value is -3.32. The molecule has 0 atom stereocenters. The summed E-state index contributed by atoms with van der Waals surface area (Å²) >= 11 is 6.07. The maximum absolute atomic E-state index is 12.7. The van der Waals surface area contributed by atoms with Gasteiger partial charge in [-0.1, -0.05) is 35.9 Å². The Morgan fingerprint density at radius 3 is 2.33 bits per heavy atom. The van der Waals surface area contributed by atoms with Crippen LogP contribution in [0.3, 0.4) is 0 Å². The van der Waals surface area contributed by atoms with Crippen LogP contribution in [0.2, 0.25) is 0 Å². The second kappa shape index (κ2) is 7.13. The van der Waals surface area contributed by atoms with Crippen LogP contribution in [0.1, 0.15) is 10.4 Å². The number of carbonyl (C=O) groups is 3. The fourth-order valence-electron chi connectivity index (χ4n) is 2.62. The number of benzene rings is 2. The van der Waals surface area contributed by atoms with Crippen molar-refractivity contribution in [1.82, 2.24) is 4.90 Å². The summed E-state index contributed by atoms with van der Waals surface area (Å²) < 4.78 is 0. The normalized spacial score (nSPS) is 14.0. The fraction of sp³-hybridized carbons (Fsp3) is 0.105. The first-order chi connectivity index (χ1) is 12.8. The average Bonchev–Trinajstić information content (AvgIpc) is 2.86. The van der Waals surface area contributed by atoms with Crippen molar-refractivity contribution >= 4 is 40.7 Å². The van der Waals surface area contributed by atoms with Gasteiger partial charge in [-0.15, -0.1) is 0 Å². The maximum Gasteiger partial charge on any atom is 0.283 e. The summed E-state index contributed by atoms with van der Waals surface area (Å²) in [7, 11) is 3.11. The van der Waals surface area contributed by atoms with E-state index in [1.165, 1.54) is 17.0 Å². The Bertz CT molecular complexity index is 970. The van der Waals surface area contributed by atoms with E-state index >= 15 is 0 Å². The lowest BCUT2D eigenvalue weighted by atomic mass is 10.1. The van der Waals surface area contributed by atoms with E-state index in [0.29, 0.717) is 5.69 Å². The molecule has 1 aliphatic heterocycles. The van der Waals surface area contributed by atoms with Crippen molar-refractivity contribution in [3.05, 3.63) is 64.8 Å². The summed E-state index contributed by atoms with van der Waals surface area (Å²) in [5, 5.41) is 12.8. The molecule has 8 heteroatoms. The third-order valence-corrected chi connectivity index (χ3v) is 4.32. The average molecular weight is 386 g/mol. The standard InChI is InChI=1S/C19H16ClN3O4/c1-22(2)17(25)12-9-6-10-13(16(12)24)21-15-14(20)18(26)23(19(15)27)11-7-4-3-5-8-11/h3-10,21,24H,1-2H3. The highest BCUT2D eigenvalue weighted by Gasteiger charge is 2.39. The molecule has 3 amide bonds. The molecule has 0 unspecified atom stereocenters. The van der Waals surface area contributed by atoms with Gasteiger partial charge in [-0.05, 0) is 24.3 Å². The summed E-state index contributed by atoms with van der Waals surface area (Å²) in [6.45, 7) is 0. The smallest absolute Gasteiger partial charge is 0.283 e. The van der Waals surface area contributed by atoms with Crippen LogP contribution in [-0.2, 0) is 9.59 Å². The SMILES string of the molecule is CN(C)C(=O)c1cccc(NC2=C(Cl)C(=O)N(c3ccccc3)C2=O)c1O. The van der Waals surface area contributed by atoms with Crippen LogP contribution in [0.15, 0.2) is 59.3 Å². The largest absolute Gasteiger partial charge is 0.505 e. The lowest BCUT2D eigenvalue weighted by molar-refractivity contribution is -0.120. The molecule has 3 rings (SSSR count). The van der Waals surface area contributed by atoms with Gasteiger partial charge in [0.2, 0.25) is 0 Å². The molecule has 138 valence electrons. The molecule has 7 nitrogen and oxygen atoms in total. The van der Waals surface area contributed by atoms with Gasteiger partial charge in [0.15, 0.2) is 5.75 Å². The monoisotopic (exact) mass is 385 g/mol. The molecule has 2 aromatic carbocycles. The third-order valence-electron chi connectivity index (χ3n) is 3.97. The van der Waals surface area contributed by atoms with Crippen LogP contribution in [0, 0.1) is 0 Å². The molecule has 0 spiro atoms. The first kappa shape index (κ1) is 18.5. The molecule has 0 saturated carbocycles. The van der Waals surface area contributed by atoms with Crippen molar-refractivity contribution in [3.8, 4) is 5.75 Å². The van der Waals surface area contributed by atoms with Crippen molar-refractivity contribution in [2.45, 2.75) is 0 Å². The number of anilines is 2. The zero-order chi connectivity index (χ0) is 19.7. The predicted molar refractivity (Wildman–Crippen MR) is 102 cm³/mol. The molecule has 27 heavy (non-hydrogen) atoms. The van der Waals surface area contributed by atoms with E-state index in [1.54, 1.807) is 50.5 Å². The zero-order valence-corrected chi connectivity index (χ0v) is 15.3. The molecule has 0 radical (unpaired) electrons. The van der Waals surface area contributed by atoms with Gasteiger partial charge in [0.05, 0.1) is 16.9 Å². The van der Waals surface area contributed by atoms with Crippen LogP contribution >= 0.6 is 11.6 Å². The Morgan fingerprint density at radius 1 is 1.04 bits per heavy atom. The number of imide groups is 1. The van der Waals surface area contributed by atoms with Crippen LogP contribution < -0.4 is 10.2 Å². The first-order valence-electron chi connectivity index (χ1n) is 7.97. The Labute approximate surface area is 160 Å². The first-order valence-corrected chi connectivity index (χ1v) is 8.35. The molecular formula is C19H16ClN3O4. The second-order valence-corrected chi connectivity index (χ2v) is 6.37. The lowest BCUT2D eigenvalue weighted by Crippen LogP contribution is -2.32. The highest BCUT2D eigenvalue weighted by atomic mass is 35.5. The van der Waals surface area contributed by atoms with Gasteiger partial charge in [0.1, 0.15) is 10.7 Å². The Kier molecular flexibility index (Phi) is 4.87. The quantitative estimate of drug-likeness (QED) is 0.623. The van der Waals surface area contributed by atoms with Gasteiger partial charge in [0.25, 0.3) is 17.7 Å². The van der Waals surface area contributed by atoms with Gasteiger partial charge in [0, 0.05) is 14.1 Å². The number of nitrogens with zero attached hydrogens (tertiary/aromatic N) is 2. The van der Waals surface area contributed by atoms with Crippen molar-refractivity contribution in [1.29, 1.82) is 0 Å². The third kappa shape index (κ3) is 3.24. The predicted octanol–water partition coefficient (Wildman–Crippen LogP) is 2.53. The van der Waals surface area contributed by atoms with Crippen molar-refractivity contribution in [3.63, 3.8) is 0 Å². The molecule has 2 N–H and O–H groups in total. The van der Waals surface area contributed by atoms with E-state index < -0.39 is 17.7 Å². The minimum Gasteiger partial charge on any atom is -0.505 e. The number of hydrogen-bond acceptors (Lipinski definition) is 5. The van der Waals surface area contributed by atoms with Crippen molar-refractivity contribution in [2.24, 2.45) is 0 Å². The number of amides is 3. The molecular weight excluding hydrogens is 370 g/mol. The van der Waals surface area contributed by atoms with Crippen LogP contribution in [0.5, 0.6) is 5.75 Å². The van der Waals surface area contributed by atoms with Crippen LogP contribution in [0.25, 0.3) is 0 Å². The Morgan fingerprint density at radius 2 is 1.70 bits per heavy atom. The summed E-state index contributed by atoms with van der Waals surface area (Å²) in [6.07, 6.45) is 0. The fourth-order valence-corrected chi connectivity index (χ4v) is 2.83. The second-order valence-electron chi connectivity index (χ2n) is 6.00. The highest BCUT2D eigenvalue weighted by Crippen LogP contribution is 2.34. The lowest BCUT2D eigenvalue weighted by Gasteiger charge is -2.16. The molecule has 2 aromatic rings. The van der Waals surface area contributed by atoms with E-state index in [-0.39, 0.29) is 27.7 Å². The molecule has 0 saturated heterocycles. The number of phenols is 1. The van der Waals surface area contributed by atoms with Gasteiger partial charge < -0.3 is 15.3 Å². The van der Waals surface area contributed by atoms with Crippen LogP contribution in [0.4, 0.5) is 11.4 Å². The number of rotatable bonds is 4. The van der Waals surface area contributed by atoms with E-state index in [2.05, 4.69) is 5.32 Å². The van der Waals surface area contributed by atoms with E-state index in [9.17, 15) is 19.5 Å². The summed E-state index contributed by atoms with van der Waals surface area (Å²) in [5.41, 5.74) is 0.351. The van der Waals surface area contributed by atoms with Gasteiger partial charge in [-0.3, -0.25) is 14.4 Å². The number of aromatic hydroxyl groups is 1. The maximum atomic E-state index is 12.7. The molecule has 0 aliphatic carbocycles. The van der Waals surface area contributed by atoms with Crippen molar-refractivity contribution < 1.29 is 19.5 Å². The molecule has 0 fully saturated rings. The summed E-state index contributed by atoms with van der Waals surface area (Å²) in [4.78, 5) is 39.5. The number of carbonyl (C=O) groups excluding carboxylic acids is 3. The molecule has 0 bridgehead atoms. The number of halogens is 1. The number of nitrogens with one attached hydrogen (secondary N) is 1. The topological polar surface area (TPSA) is 90.0 Å². The van der Waals surface area contributed by atoms with Gasteiger partial charge in [-0.2, -0.15) is 0 Å². The van der Waals surface area contributed by atoms with Crippen molar-refractivity contribution in [2.75, 3.05) is 24.3 Å². The van der Waals surface area contributed by atoms with E-state index in [4.69, 9.17) is 11.6 Å². The number of para-hydroxylation sites is 2. The minimum atomic E-state index is -0.671. The van der Waals surface area contributed by atoms with E-state index in [1.807, 2.05) is 0 Å². The van der Waals surface area contributed by atoms with Gasteiger partial charge in [-0.25, -0.2) is 4.90 Å². The zero-order valence-electron chi connectivity index (χ0n) is 14.6. The summed E-state index contributed by atoms with van der Waals surface area (Å²) in [6, 6.07) is 12.8. The molecule has 1 heterocycles. The summed E-state index contributed by atoms with van der Waals surface area (Å²) in [5.74, 6) is -2.07. The molecule has 0 aromatic heterocycles.